The second-order valence-electron chi connectivity index (χ2n) is 3.58. The Balaban J connectivity index is 2.87. The van der Waals surface area contributed by atoms with Crippen molar-refractivity contribution in [1.82, 2.24) is 4.98 Å². The summed E-state index contributed by atoms with van der Waals surface area (Å²) in [5, 5.41) is 12.6. The maximum absolute atomic E-state index is 11.1. The van der Waals surface area contributed by atoms with Crippen molar-refractivity contribution >= 4 is 23.5 Å². The molecule has 4 nitrogen and oxygen atoms in total. The van der Waals surface area contributed by atoms with Crippen LogP contribution >= 0.6 is 11.8 Å². The number of carboxylic acids is 1. The molecule has 5 heteroatoms. The molecule has 16 heavy (non-hydrogen) atoms. The van der Waals surface area contributed by atoms with Crippen molar-refractivity contribution in [3.63, 3.8) is 0 Å². The lowest BCUT2D eigenvalue weighted by Gasteiger charge is -2.13. The van der Waals surface area contributed by atoms with Gasteiger partial charge in [-0.05, 0) is 24.8 Å². The van der Waals surface area contributed by atoms with Crippen LogP contribution in [-0.4, -0.2) is 34.1 Å². The molecule has 1 aromatic rings. The molecule has 1 rings (SSSR count). The van der Waals surface area contributed by atoms with Gasteiger partial charge >= 0.3 is 5.97 Å². The van der Waals surface area contributed by atoms with E-state index < -0.39 is 5.97 Å². The molecule has 0 saturated heterocycles. The molecule has 1 unspecified atom stereocenters. The molecule has 0 radical (unpaired) electrons. The van der Waals surface area contributed by atoms with Crippen LogP contribution in [-0.2, 0) is 0 Å². The van der Waals surface area contributed by atoms with Crippen LogP contribution in [0.3, 0.4) is 0 Å². The maximum Gasteiger partial charge on any atom is 0.339 e. The minimum Gasteiger partial charge on any atom is -0.478 e. The topological polar surface area (TPSA) is 62.2 Å². The van der Waals surface area contributed by atoms with E-state index in [0.29, 0.717) is 17.6 Å². The van der Waals surface area contributed by atoms with Crippen LogP contribution < -0.4 is 5.32 Å². The van der Waals surface area contributed by atoms with Crippen LogP contribution in [0.2, 0.25) is 0 Å². The van der Waals surface area contributed by atoms with Crippen LogP contribution in [0.5, 0.6) is 0 Å². The molecule has 0 spiro atoms. The summed E-state index contributed by atoms with van der Waals surface area (Å²) in [5.41, 5.74) is 0.984. The molecule has 0 aromatic carbocycles. The number of pyridine rings is 1. The smallest absolute Gasteiger partial charge is 0.339 e. The zero-order valence-corrected chi connectivity index (χ0v) is 10.5. The van der Waals surface area contributed by atoms with Gasteiger partial charge in [0.25, 0.3) is 0 Å². The number of thioether (sulfide) groups is 1. The SMILES string of the molecule is CSC(C)CNc1nccc(C)c1C(=O)O. The molecule has 88 valence electrons. The van der Waals surface area contributed by atoms with Gasteiger partial charge in [0.1, 0.15) is 11.4 Å². The van der Waals surface area contributed by atoms with Gasteiger partial charge in [-0.2, -0.15) is 11.8 Å². The fourth-order valence-electron chi connectivity index (χ4n) is 1.29. The van der Waals surface area contributed by atoms with Crippen molar-refractivity contribution in [2.45, 2.75) is 19.1 Å². The van der Waals surface area contributed by atoms with Crippen molar-refractivity contribution < 1.29 is 9.90 Å². The summed E-state index contributed by atoms with van der Waals surface area (Å²) in [7, 11) is 0. The summed E-state index contributed by atoms with van der Waals surface area (Å²) in [4.78, 5) is 15.1. The highest BCUT2D eigenvalue weighted by Gasteiger charge is 2.14. The normalized spacial score (nSPS) is 12.2. The lowest BCUT2D eigenvalue weighted by Crippen LogP contribution is -2.16. The quantitative estimate of drug-likeness (QED) is 0.826. The summed E-state index contributed by atoms with van der Waals surface area (Å²) < 4.78 is 0. The van der Waals surface area contributed by atoms with Crippen LogP contribution in [0, 0.1) is 6.92 Å². The molecule has 0 fully saturated rings. The Labute approximate surface area is 99.5 Å². The zero-order valence-electron chi connectivity index (χ0n) is 9.65. The number of hydrogen-bond donors (Lipinski definition) is 2. The van der Waals surface area contributed by atoms with E-state index in [2.05, 4.69) is 17.2 Å². The molecule has 1 aromatic heterocycles. The standard InChI is InChI=1S/C11H16N2O2S/c1-7-4-5-12-10(9(7)11(14)15)13-6-8(2)16-3/h4-5,8H,6H2,1-3H3,(H,12,13)(H,14,15). The molecule has 2 N–H and O–H groups in total. The number of rotatable bonds is 5. The zero-order chi connectivity index (χ0) is 12.1. The highest BCUT2D eigenvalue weighted by atomic mass is 32.2. The van der Waals surface area contributed by atoms with Crippen LogP contribution in [0.4, 0.5) is 5.82 Å². The molecule has 0 aliphatic rings. The Kier molecular flexibility index (Phi) is 4.61. The molecule has 0 saturated carbocycles. The predicted molar refractivity (Wildman–Crippen MR) is 67.4 cm³/mol. The molecule has 0 bridgehead atoms. The number of carbonyl (C=O) groups is 1. The van der Waals surface area contributed by atoms with E-state index in [4.69, 9.17) is 5.11 Å². The third-order valence-electron chi connectivity index (χ3n) is 2.33. The van der Waals surface area contributed by atoms with Gasteiger partial charge in [-0.3, -0.25) is 0 Å². The van der Waals surface area contributed by atoms with Gasteiger partial charge < -0.3 is 10.4 Å². The average molecular weight is 240 g/mol. The molecule has 1 atom stereocenters. The Morgan fingerprint density at radius 1 is 1.69 bits per heavy atom. The van der Waals surface area contributed by atoms with Crippen molar-refractivity contribution in [1.29, 1.82) is 0 Å². The van der Waals surface area contributed by atoms with E-state index in [1.807, 2.05) is 6.26 Å². The molecular formula is C11H16N2O2S. The van der Waals surface area contributed by atoms with Gasteiger partial charge in [-0.15, -0.1) is 0 Å². The first-order chi connectivity index (χ1) is 7.56. The first kappa shape index (κ1) is 12.8. The number of nitrogens with zero attached hydrogens (tertiary/aromatic N) is 1. The summed E-state index contributed by atoms with van der Waals surface area (Å²) in [6.45, 7) is 4.56. The first-order valence-electron chi connectivity index (χ1n) is 5.01. The van der Waals surface area contributed by atoms with Gasteiger partial charge in [0.2, 0.25) is 0 Å². The van der Waals surface area contributed by atoms with Crippen molar-refractivity contribution in [3.05, 3.63) is 23.4 Å². The predicted octanol–water partition coefficient (Wildman–Crippen LogP) is 2.25. The first-order valence-corrected chi connectivity index (χ1v) is 6.30. The summed E-state index contributed by atoms with van der Waals surface area (Å²) in [6, 6.07) is 1.70. The summed E-state index contributed by atoms with van der Waals surface area (Å²) in [5.74, 6) is -0.488. The molecule has 0 aliphatic heterocycles. The van der Waals surface area contributed by atoms with Gasteiger partial charge in [0.15, 0.2) is 0 Å². The van der Waals surface area contributed by atoms with Gasteiger partial charge in [-0.1, -0.05) is 6.92 Å². The minimum absolute atomic E-state index is 0.260. The summed E-state index contributed by atoms with van der Waals surface area (Å²) in [6.07, 6.45) is 3.64. The lowest BCUT2D eigenvalue weighted by molar-refractivity contribution is 0.0697. The largest absolute Gasteiger partial charge is 0.478 e. The van der Waals surface area contributed by atoms with Gasteiger partial charge in [0, 0.05) is 18.0 Å². The highest BCUT2D eigenvalue weighted by Crippen LogP contribution is 2.17. The van der Waals surface area contributed by atoms with Crippen molar-refractivity contribution in [2.24, 2.45) is 0 Å². The van der Waals surface area contributed by atoms with E-state index in [9.17, 15) is 4.79 Å². The monoisotopic (exact) mass is 240 g/mol. The van der Waals surface area contributed by atoms with E-state index in [1.54, 1.807) is 30.9 Å². The average Bonchev–Trinajstić information content (AvgIpc) is 2.25. The Hall–Kier alpha value is -1.23. The number of hydrogen-bond acceptors (Lipinski definition) is 4. The summed E-state index contributed by atoms with van der Waals surface area (Å²) >= 11 is 1.72. The number of nitrogens with one attached hydrogen (secondary N) is 1. The van der Waals surface area contributed by atoms with E-state index in [1.165, 1.54) is 0 Å². The third kappa shape index (κ3) is 3.13. The number of aryl methyl sites for hydroxylation is 1. The molecular weight excluding hydrogens is 224 g/mol. The number of carboxylic acid groups (broad SMARTS) is 1. The fraction of sp³-hybridized carbons (Fsp3) is 0.455. The van der Waals surface area contributed by atoms with Crippen LogP contribution in [0.1, 0.15) is 22.8 Å². The molecule has 1 heterocycles. The Bertz CT molecular complexity index is 382. The van der Waals surface area contributed by atoms with E-state index >= 15 is 0 Å². The molecule has 0 aliphatic carbocycles. The van der Waals surface area contributed by atoms with E-state index in [0.717, 1.165) is 5.56 Å². The second-order valence-corrected chi connectivity index (χ2v) is 4.86. The Morgan fingerprint density at radius 3 is 2.94 bits per heavy atom. The Morgan fingerprint density at radius 2 is 2.38 bits per heavy atom. The van der Waals surface area contributed by atoms with Crippen LogP contribution in [0.15, 0.2) is 12.3 Å². The van der Waals surface area contributed by atoms with Crippen LogP contribution in [0.25, 0.3) is 0 Å². The number of anilines is 1. The maximum atomic E-state index is 11.1. The van der Waals surface area contributed by atoms with Gasteiger partial charge in [-0.25, -0.2) is 9.78 Å². The number of aromatic nitrogens is 1. The second kappa shape index (κ2) is 5.75. The lowest BCUT2D eigenvalue weighted by atomic mass is 10.1. The van der Waals surface area contributed by atoms with Crippen molar-refractivity contribution in [2.75, 3.05) is 18.1 Å². The van der Waals surface area contributed by atoms with Crippen molar-refractivity contribution in [3.8, 4) is 0 Å². The third-order valence-corrected chi connectivity index (χ3v) is 3.30. The fourth-order valence-corrected chi connectivity index (χ4v) is 1.54. The molecule has 0 amide bonds. The van der Waals surface area contributed by atoms with Gasteiger partial charge in [0.05, 0.1) is 0 Å². The number of aromatic carboxylic acids is 1. The minimum atomic E-state index is -0.940. The highest BCUT2D eigenvalue weighted by molar-refractivity contribution is 7.99. The van der Waals surface area contributed by atoms with E-state index in [-0.39, 0.29) is 5.56 Å².